The third-order valence-corrected chi connectivity index (χ3v) is 6.17. The van der Waals surface area contributed by atoms with Crippen molar-refractivity contribution in [3.8, 4) is 17.3 Å². The Labute approximate surface area is 200 Å². The zero-order valence-electron chi connectivity index (χ0n) is 19.6. The summed E-state index contributed by atoms with van der Waals surface area (Å²) in [5.74, 6) is 0.949. The predicted molar refractivity (Wildman–Crippen MR) is 125 cm³/mol. The summed E-state index contributed by atoms with van der Waals surface area (Å²) in [6.07, 6.45) is -2.88. The van der Waals surface area contributed by atoms with Crippen molar-refractivity contribution in [1.29, 1.82) is 0 Å². The normalized spacial score (nSPS) is 20.2. The second kappa shape index (κ2) is 8.46. The monoisotopic (exact) mass is 485 g/mol. The van der Waals surface area contributed by atoms with Crippen LogP contribution in [0, 0.1) is 0 Å². The molecule has 184 valence electrons. The first-order valence-electron chi connectivity index (χ1n) is 11.5. The van der Waals surface area contributed by atoms with Gasteiger partial charge in [-0.25, -0.2) is 4.98 Å². The molecule has 1 unspecified atom stereocenters. The van der Waals surface area contributed by atoms with Gasteiger partial charge < -0.3 is 9.84 Å². The number of β-amino-alcohol motifs (C(OH)–C–C–N with tert-alkyl or cyclic N) is 1. The highest BCUT2D eigenvalue weighted by Crippen LogP contribution is 2.41. The Morgan fingerprint density at radius 1 is 1.09 bits per heavy atom. The molecule has 4 heterocycles. The molecule has 1 fully saturated rings. The summed E-state index contributed by atoms with van der Waals surface area (Å²) in [7, 11) is 0. The first-order valence-corrected chi connectivity index (χ1v) is 11.5. The van der Waals surface area contributed by atoms with E-state index in [1.165, 1.54) is 27.6 Å². The zero-order chi connectivity index (χ0) is 25.0. The minimum Gasteiger partial charge on any atom is -0.489 e. The van der Waals surface area contributed by atoms with Crippen LogP contribution >= 0.6 is 0 Å². The lowest BCUT2D eigenvalue weighted by atomic mass is 10.1. The van der Waals surface area contributed by atoms with Crippen LogP contribution in [0.3, 0.4) is 0 Å². The molecule has 7 nitrogen and oxygen atoms in total. The number of hydrogen-bond donors (Lipinski definition) is 1. The number of alkyl halides is 3. The number of benzene rings is 1. The standard InChI is InChI=1S/C25H26F3N5O2/c1-15(2)35-19-6-4-5-16-7-9-18(29-21(16)19)23-31-30-20-10-8-17(13-33(20)23)22(25(26,27)28)32-12-11-24(3,34)14-32/h4-10,13,15,22,34H,11-12,14H2,1-3H3/t22-,24?/m0/s1. The van der Waals surface area contributed by atoms with E-state index >= 15 is 0 Å². The van der Waals surface area contributed by atoms with Gasteiger partial charge >= 0.3 is 6.18 Å². The van der Waals surface area contributed by atoms with Crippen LogP contribution < -0.4 is 4.74 Å². The Hall–Kier alpha value is -3.24. The summed E-state index contributed by atoms with van der Waals surface area (Å²) >= 11 is 0. The third kappa shape index (κ3) is 4.55. The van der Waals surface area contributed by atoms with E-state index in [0.717, 1.165) is 5.39 Å². The SMILES string of the molecule is CC(C)Oc1cccc2ccc(-c3nnc4ccc([C@H](N5CCC(C)(O)C5)C(F)(F)F)cn34)nc12. The molecule has 0 saturated carbocycles. The molecule has 0 aliphatic carbocycles. The molecule has 0 radical (unpaired) electrons. The van der Waals surface area contributed by atoms with E-state index in [0.29, 0.717) is 28.4 Å². The maximum Gasteiger partial charge on any atom is 0.408 e. The van der Waals surface area contributed by atoms with Crippen LogP contribution in [0.4, 0.5) is 13.2 Å². The van der Waals surface area contributed by atoms with E-state index in [9.17, 15) is 18.3 Å². The fraction of sp³-hybridized carbons (Fsp3) is 0.400. The highest BCUT2D eigenvalue weighted by atomic mass is 19.4. The fourth-order valence-corrected chi connectivity index (χ4v) is 4.64. The van der Waals surface area contributed by atoms with Crippen molar-refractivity contribution in [1.82, 2.24) is 24.5 Å². The molecule has 1 aliphatic rings. The molecule has 1 saturated heterocycles. The molecule has 1 aliphatic heterocycles. The summed E-state index contributed by atoms with van der Waals surface area (Å²) in [4.78, 5) is 6.00. The van der Waals surface area contributed by atoms with E-state index in [2.05, 4.69) is 10.2 Å². The second-order valence-corrected chi connectivity index (χ2v) is 9.57. The highest BCUT2D eigenvalue weighted by molar-refractivity contribution is 5.86. The van der Waals surface area contributed by atoms with Crippen molar-refractivity contribution in [3.05, 3.63) is 54.2 Å². The number of aliphatic hydroxyl groups is 1. The quantitative estimate of drug-likeness (QED) is 0.438. The minimum absolute atomic E-state index is 0.0480. The van der Waals surface area contributed by atoms with Crippen molar-refractivity contribution in [3.63, 3.8) is 0 Å². The maximum atomic E-state index is 14.2. The summed E-state index contributed by atoms with van der Waals surface area (Å²) in [6.45, 7) is 5.49. The Morgan fingerprint density at radius 2 is 1.89 bits per heavy atom. The summed E-state index contributed by atoms with van der Waals surface area (Å²) in [5.41, 5.74) is 0.411. The van der Waals surface area contributed by atoms with Crippen molar-refractivity contribution in [2.75, 3.05) is 13.1 Å². The summed E-state index contributed by atoms with van der Waals surface area (Å²) < 4.78 is 50.0. The summed E-state index contributed by atoms with van der Waals surface area (Å²) in [6, 6.07) is 10.4. The van der Waals surface area contributed by atoms with E-state index in [4.69, 9.17) is 9.72 Å². The van der Waals surface area contributed by atoms with Crippen molar-refractivity contribution in [2.24, 2.45) is 0 Å². The predicted octanol–water partition coefficient (Wildman–Crippen LogP) is 4.79. The second-order valence-electron chi connectivity index (χ2n) is 9.57. The Kier molecular flexibility index (Phi) is 5.68. The van der Waals surface area contributed by atoms with E-state index in [1.807, 2.05) is 38.1 Å². The van der Waals surface area contributed by atoms with Crippen LogP contribution in [-0.2, 0) is 0 Å². The average Bonchev–Trinajstić information content (AvgIpc) is 3.35. The molecule has 3 aromatic heterocycles. The topological polar surface area (TPSA) is 75.8 Å². The van der Waals surface area contributed by atoms with Gasteiger partial charge in [0.1, 0.15) is 23.0 Å². The van der Waals surface area contributed by atoms with Gasteiger partial charge in [0.25, 0.3) is 0 Å². The van der Waals surface area contributed by atoms with Crippen LogP contribution in [0.15, 0.2) is 48.7 Å². The summed E-state index contributed by atoms with van der Waals surface area (Å²) in [5, 5.41) is 19.5. The van der Waals surface area contributed by atoms with E-state index in [-0.39, 0.29) is 31.2 Å². The first-order chi connectivity index (χ1) is 16.5. The van der Waals surface area contributed by atoms with E-state index in [1.54, 1.807) is 13.0 Å². The number of nitrogens with zero attached hydrogens (tertiary/aromatic N) is 5. The molecule has 35 heavy (non-hydrogen) atoms. The van der Waals surface area contributed by atoms with Crippen molar-refractivity contribution >= 4 is 16.6 Å². The number of ether oxygens (including phenoxy) is 1. The maximum absolute atomic E-state index is 14.2. The lowest BCUT2D eigenvalue weighted by molar-refractivity contribution is -0.185. The zero-order valence-corrected chi connectivity index (χ0v) is 19.6. The van der Waals surface area contributed by atoms with Gasteiger partial charge in [-0.2, -0.15) is 13.2 Å². The van der Waals surface area contributed by atoms with Gasteiger partial charge in [0, 0.05) is 24.7 Å². The molecular formula is C25H26F3N5O2. The number of halogens is 3. The van der Waals surface area contributed by atoms with Crippen LogP contribution in [0.25, 0.3) is 28.1 Å². The number of hydrogen-bond acceptors (Lipinski definition) is 6. The van der Waals surface area contributed by atoms with Gasteiger partial charge in [0.2, 0.25) is 0 Å². The van der Waals surface area contributed by atoms with Gasteiger partial charge in [-0.1, -0.05) is 24.3 Å². The Morgan fingerprint density at radius 3 is 2.57 bits per heavy atom. The lowest BCUT2D eigenvalue weighted by Crippen LogP contribution is -2.39. The molecule has 2 atom stereocenters. The van der Waals surface area contributed by atoms with Gasteiger partial charge in [0.15, 0.2) is 11.5 Å². The number of para-hydroxylation sites is 1. The van der Waals surface area contributed by atoms with Gasteiger partial charge in [0.05, 0.1) is 11.7 Å². The highest BCUT2D eigenvalue weighted by Gasteiger charge is 2.48. The molecule has 1 aromatic carbocycles. The minimum atomic E-state index is -4.52. The number of fused-ring (bicyclic) bond motifs is 2. The Bertz CT molecular complexity index is 1380. The van der Waals surface area contributed by atoms with Crippen molar-refractivity contribution in [2.45, 2.75) is 51.1 Å². The average molecular weight is 486 g/mol. The number of aromatic nitrogens is 4. The number of likely N-dealkylation sites (tertiary alicyclic amines) is 1. The van der Waals surface area contributed by atoms with E-state index < -0.39 is 17.8 Å². The molecule has 0 amide bonds. The van der Waals surface area contributed by atoms with Gasteiger partial charge in [-0.15, -0.1) is 10.2 Å². The number of rotatable bonds is 5. The van der Waals surface area contributed by atoms with Crippen LogP contribution in [0.1, 0.15) is 38.8 Å². The number of pyridine rings is 2. The first kappa shape index (κ1) is 23.5. The molecular weight excluding hydrogens is 459 g/mol. The van der Waals surface area contributed by atoms with Gasteiger partial charge in [-0.05, 0) is 51.0 Å². The molecule has 4 aromatic rings. The Balaban J connectivity index is 1.60. The smallest absolute Gasteiger partial charge is 0.408 e. The van der Waals surface area contributed by atoms with Crippen molar-refractivity contribution < 1.29 is 23.0 Å². The molecule has 0 spiro atoms. The largest absolute Gasteiger partial charge is 0.489 e. The van der Waals surface area contributed by atoms with Crippen LogP contribution in [0.5, 0.6) is 5.75 Å². The molecule has 0 bridgehead atoms. The molecule has 10 heteroatoms. The van der Waals surface area contributed by atoms with Gasteiger partial charge in [-0.3, -0.25) is 9.30 Å². The van der Waals surface area contributed by atoms with Crippen LogP contribution in [-0.4, -0.2) is 60.6 Å². The fourth-order valence-electron chi connectivity index (χ4n) is 4.64. The third-order valence-electron chi connectivity index (χ3n) is 6.17. The molecule has 5 rings (SSSR count). The van der Waals surface area contributed by atoms with Crippen LogP contribution in [0.2, 0.25) is 0 Å². The lowest BCUT2D eigenvalue weighted by Gasteiger charge is -2.30. The molecule has 1 N–H and O–H groups in total.